The third-order valence-corrected chi connectivity index (χ3v) is 6.13. The highest BCUT2D eigenvalue weighted by molar-refractivity contribution is 5.80. The van der Waals surface area contributed by atoms with Gasteiger partial charge < -0.3 is 9.80 Å². The molecule has 0 atom stereocenters. The molecule has 0 saturated carbocycles. The molecule has 6 rings (SSSR count). The van der Waals surface area contributed by atoms with Crippen LogP contribution in [0.5, 0.6) is 0 Å². The first-order chi connectivity index (χ1) is 12.7. The minimum Gasteiger partial charge on any atom is -0.318 e. The van der Waals surface area contributed by atoms with E-state index in [1.165, 1.54) is 12.1 Å². The standard InChI is InChI=1S/C20H23FN4O/c21-15-6-4-14(5-7-15)19-17-2-1-3-18(17)25(22-19)20(26)24-13-12-23-10-8-16(24)9-11-23/h4-7,16H,1-3,8-13H2. The van der Waals surface area contributed by atoms with Gasteiger partial charge in [-0.25, -0.2) is 9.18 Å². The Morgan fingerprint density at radius 2 is 1.81 bits per heavy atom. The lowest BCUT2D eigenvalue weighted by Crippen LogP contribution is -2.44. The van der Waals surface area contributed by atoms with Crippen molar-refractivity contribution in [2.24, 2.45) is 0 Å². The minimum atomic E-state index is -0.253. The summed E-state index contributed by atoms with van der Waals surface area (Å²) in [5, 5.41) is 4.71. The van der Waals surface area contributed by atoms with E-state index in [0.717, 1.165) is 80.8 Å². The Labute approximate surface area is 152 Å². The average molecular weight is 354 g/mol. The van der Waals surface area contributed by atoms with Crippen LogP contribution in [-0.4, -0.2) is 57.8 Å². The Morgan fingerprint density at radius 3 is 2.58 bits per heavy atom. The maximum absolute atomic E-state index is 13.3. The Bertz CT molecular complexity index is 836. The van der Waals surface area contributed by atoms with E-state index in [4.69, 9.17) is 5.10 Å². The predicted molar refractivity (Wildman–Crippen MR) is 96.6 cm³/mol. The largest absolute Gasteiger partial charge is 0.345 e. The van der Waals surface area contributed by atoms with Crippen molar-refractivity contribution in [1.82, 2.24) is 19.6 Å². The summed E-state index contributed by atoms with van der Waals surface area (Å²) in [6, 6.07) is 6.78. The summed E-state index contributed by atoms with van der Waals surface area (Å²) in [5.41, 5.74) is 3.94. The molecule has 4 aliphatic rings. The number of nitrogens with zero attached hydrogens (tertiary/aromatic N) is 4. The molecule has 2 bridgehead atoms. The van der Waals surface area contributed by atoms with Crippen molar-refractivity contribution in [3.8, 4) is 11.3 Å². The number of aromatic nitrogens is 2. The van der Waals surface area contributed by atoms with E-state index in [-0.39, 0.29) is 11.8 Å². The average Bonchev–Trinajstić information content (AvgIpc) is 3.14. The highest BCUT2D eigenvalue weighted by atomic mass is 19.1. The number of hydrogen-bond donors (Lipinski definition) is 0. The number of carbonyl (C=O) groups excluding carboxylic acids is 1. The molecule has 6 heteroatoms. The number of fused-ring (bicyclic) bond motifs is 5. The summed E-state index contributed by atoms with van der Waals surface area (Å²) < 4.78 is 14.9. The van der Waals surface area contributed by atoms with Crippen LogP contribution >= 0.6 is 0 Å². The number of benzene rings is 1. The Hall–Kier alpha value is -2.21. The smallest absolute Gasteiger partial charge is 0.318 e. The van der Waals surface area contributed by atoms with Crippen molar-refractivity contribution >= 4 is 6.03 Å². The molecule has 1 aliphatic carbocycles. The van der Waals surface area contributed by atoms with Crippen LogP contribution in [-0.2, 0) is 12.8 Å². The minimum absolute atomic E-state index is 0.0188. The number of amides is 1. The van der Waals surface area contributed by atoms with Gasteiger partial charge in [-0.05, 0) is 56.4 Å². The van der Waals surface area contributed by atoms with Gasteiger partial charge in [0.05, 0.1) is 11.4 Å². The lowest BCUT2D eigenvalue weighted by molar-refractivity contribution is 0.168. The van der Waals surface area contributed by atoms with E-state index < -0.39 is 0 Å². The van der Waals surface area contributed by atoms with Crippen molar-refractivity contribution in [2.75, 3.05) is 26.2 Å². The highest BCUT2D eigenvalue weighted by Gasteiger charge is 2.35. The third-order valence-electron chi connectivity index (χ3n) is 6.13. The van der Waals surface area contributed by atoms with Crippen molar-refractivity contribution in [2.45, 2.75) is 38.1 Å². The first-order valence-corrected chi connectivity index (χ1v) is 9.61. The molecule has 1 amide bonds. The van der Waals surface area contributed by atoms with Crippen LogP contribution in [0.2, 0.25) is 0 Å². The van der Waals surface area contributed by atoms with Crippen LogP contribution in [0.15, 0.2) is 24.3 Å². The van der Waals surface area contributed by atoms with Crippen molar-refractivity contribution < 1.29 is 9.18 Å². The number of piperidine rings is 1. The molecule has 5 nitrogen and oxygen atoms in total. The Morgan fingerprint density at radius 1 is 1.04 bits per heavy atom. The fraction of sp³-hybridized carbons (Fsp3) is 0.500. The van der Waals surface area contributed by atoms with E-state index >= 15 is 0 Å². The zero-order chi connectivity index (χ0) is 17.7. The second-order valence-electron chi connectivity index (χ2n) is 7.59. The van der Waals surface area contributed by atoms with Gasteiger partial charge in [-0.1, -0.05) is 0 Å². The van der Waals surface area contributed by atoms with Gasteiger partial charge in [0.2, 0.25) is 0 Å². The third kappa shape index (κ3) is 2.55. The molecule has 0 N–H and O–H groups in total. The van der Waals surface area contributed by atoms with Gasteiger partial charge in [-0.3, -0.25) is 0 Å². The molecule has 2 aromatic rings. The number of hydrogen-bond acceptors (Lipinski definition) is 3. The Kier molecular flexibility index (Phi) is 3.81. The molecule has 1 aromatic carbocycles. The SMILES string of the molecule is O=C(N1CCN2CCC1CC2)n1nc(-c2ccc(F)cc2)c2c1CCC2. The fourth-order valence-electron chi connectivity index (χ4n) is 4.70. The first-order valence-electron chi connectivity index (χ1n) is 9.61. The number of halogens is 1. The molecule has 3 saturated heterocycles. The summed E-state index contributed by atoms with van der Waals surface area (Å²) in [5.74, 6) is -0.253. The molecule has 0 radical (unpaired) electrons. The van der Waals surface area contributed by atoms with Gasteiger partial charge in [0, 0.05) is 43.3 Å². The van der Waals surface area contributed by atoms with Crippen molar-refractivity contribution in [3.63, 3.8) is 0 Å². The molecule has 3 fully saturated rings. The van der Waals surface area contributed by atoms with Gasteiger partial charge >= 0.3 is 6.03 Å². The monoisotopic (exact) mass is 354 g/mol. The van der Waals surface area contributed by atoms with Gasteiger partial charge in [0.1, 0.15) is 5.82 Å². The lowest BCUT2D eigenvalue weighted by Gasteiger charge is -2.31. The van der Waals surface area contributed by atoms with E-state index in [1.54, 1.807) is 16.8 Å². The van der Waals surface area contributed by atoms with Gasteiger partial charge in [-0.15, -0.1) is 0 Å². The van der Waals surface area contributed by atoms with Crippen LogP contribution < -0.4 is 0 Å². The molecular weight excluding hydrogens is 331 g/mol. The summed E-state index contributed by atoms with van der Waals surface area (Å²) in [4.78, 5) is 17.8. The van der Waals surface area contributed by atoms with Gasteiger partial charge in [0.15, 0.2) is 0 Å². The van der Waals surface area contributed by atoms with Crippen LogP contribution in [0, 0.1) is 5.82 Å². The summed E-state index contributed by atoms with van der Waals surface area (Å²) in [6.45, 7) is 3.92. The molecule has 26 heavy (non-hydrogen) atoms. The maximum atomic E-state index is 13.3. The maximum Gasteiger partial charge on any atom is 0.345 e. The highest BCUT2D eigenvalue weighted by Crippen LogP contribution is 2.33. The summed E-state index contributed by atoms with van der Waals surface area (Å²) in [6.07, 6.45) is 4.98. The second-order valence-corrected chi connectivity index (χ2v) is 7.59. The zero-order valence-electron chi connectivity index (χ0n) is 14.8. The summed E-state index contributed by atoms with van der Waals surface area (Å²) in [7, 11) is 0. The van der Waals surface area contributed by atoms with Gasteiger partial charge in [0.25, 0.3) is 0 Å². The molecule has 4 heterocycles. The fourth-order valence-corrected chi connectivity index (χ4v) is 4.70. The molecule has 0 spiro atoms. The van der Waals surface area contributed by atoms with E-state index in [1.807, 2.05) is 4.90 Å². The van der Waals surface area contributed by atoms with Crippen LogP contribution in [0.25, 0.3) is 11.3 Å². The quantitative estimate of drug-likeness (QED) is 0.791. The molecule has 0 unspecified atom stereocenters. The van der Waals surface area contributed by atoms with E-state index in [2.05, 4.69) is 4.90 Å². The number of carbonyl (C=O) groups is 1. The topological polar surface area (TPSA) is 41.4 Å². The van der Waals surface area contributed by atoms with Gasteiger partial charge in [-0.2, -0.15) is 9.78 Å². The van der Waals surface area contributed by atoms with Crippen molar-refractivity contribution in [1.29, 1.82) is 0 Å². The Balaban J connectivity index is 1.52. The molecule has 136 valence electrons. The van der Waals surface area contributed by atoms with Crippen molar-refractivity contribution in [3.05, 3.63) is 41.3 Å². The number of rotatable bonds is 1. The molecule has 3 aliphatic heterocycles. The molecule has 1 aromatic heterocycles. The van der Waals surface area contributed by atoms with E-state index in [0.29, 0.717) is 6.04 Å². The molecular formula is C20H23FN4O. The van der Waals surface area contributed by atoms with Crippen LogP contribution in [0.4, 0.5) is 9.18 Å². The van der Waals surface area contributed by atoms with Crippen LogP contribution in [0.1, 0.15) is 30.5 Å². The van der Waals surface area contributed by atoms with E-state index in [9.17, 15) is 9.18 Å². The normalized spacial score (nSPS) is 24.6. The second kappa shape index (κ2) is 6.20. The zero-order valence-corrected chi connectivity index (χ0v) is 14.8. The summed E-state index contributed by atoms with van der Waals surface area (Å²) >= 11 is 0. The predicted octanol–water partition coefficient (Wildman–Crippen LogP) is 2.93. The first kappa shape index (κ1) is 16.0. The van der Waals surface area contributed by atoms with Crippen LogP contribution in [0.3, 0.4) is 0 Å². The lowest BCUT2D eigenvalue weighted by atomic mass is 10.1.